The van der Waals surface area contributed by atoms with E-state index in [9.17, 15) is 0 Å². The highest BCUT2D eigenvalue weighted by atomic mass is 28.4. The molecule has 2 nitrogen and oxygen atoms in total. The third-order valence-corrected chi connectivity index (χ3v) is 11.7. The van der Waals surface area contributed by atoms with Crippen molar-refractivity contribution < 1.29 is 8.85 Å². The fourth-order valence-corrected chi connectivity index (χ4v) is 10.6. The molecule has 0 aromatic carbocycles. The highest BCUT2D eigenvalue weighted by Crippen LogP contribution is 2.53. The van der Waals surface area contributed by atoms with E-state index >= 15 is 0 Å². The molecule has 2 aliphatic carbocycles. The Bertz CT molecular complexity index is 344. The summed E-state index contributed by atoms with van der Waals surface area (Å²) in [5.74, 6) is 2.49. The number of hydrogen-bond acceptors (Lipinski definition) is 2. The Labute approximate surface area is 152 Å². The van der Waals surface area contributed by atoms with Crippen molar-refractivity contribution in [1.29, 1.82) is 0 Å². The van der Waals surface area contributed by atoms with Gasteiger partial charge in [0.15, 0.2) is 0 Å². The van der Waals surface area contributed by atoms with Gasteiger partial charge in [0.1, 0.15) is 0 Å². The molecule has 0 aromatic rings. The molecule has 3 unspecified atom stereocenters. The molecule has 3 atom stereocenters. The van der Waals surface area contributed by atoms with Crippen molar-refractivity contribution in [2.75, 3.05) is 13.2 Å². The summed E-state index contributed by atoms with van der Waals surface area (Å²) >= 11 is 0. The fraction of sp³-hybridized carbons (Fsp3) is 1.00. The zero-order valence-corrected chi connectivity index (χ0v) is 18.0. The average Bonchev–Trinajstić information content (AvgIpc) is 2.59. The zero-order valence-electron chi connectivity index (χ0n) is 17.0. The van der Waals surface area contributed by atoms with Gasteiger partial charge in [-0.15, -0.1) is 0 Å². The Kier molecular flexibility index (Phi) is 8.29. The Morgan fingerprint density at radius 1 is 0.792 bits per heavy atom. The van der Waals surface area contributed by atoms with Crippen LogP contribution in [0, 0.1) is 17.8 Å². The van der Waals surface area contributed by atoms with Gasteiger partial charge < -0.3 is 8.85 Å². The van der Waals surface area contributed by atoms with Crippen LogP contribution in [0.2, 0.25) is 11.1 Å². The van der Waals surface area contributed by atoms with Gasteiger partial charge in [-0.1, -0.05) is 60.3 Å². The second-order valence-corrected chi connectivity index (χ2v) is 12.3. The largest absolute Gasteiger partial charge is 0.394 e. The molecule has 0 amide bonds. The summed E-state index contributed by atoms with van der Waals surface area (Å²) in [7, 11) is -2.17. The zero-order chi connectivity index (χ0) is 17.6. The summed E-state index contributed by atoms with van der Waals surface area (Å²) in [6, 6.07) is 0. The minimum absolute atomic E-state index is 0.706. The van der Waals surface area contributed by atoms with Gasteiger partial charge in [0.25, 0.3) is 0 Å². The lowest BCUT2D eigenvalue weighted by molar-refractivity contribution is 0.112. The van der Waals surface area contributed by atoms with Crippen LogP contribution in [0.3, 0.4) is 0 Å². The van der Waals surface area contributed by atoms with Gasteiger partial charge in [-0.05, 0) is 49.9 Å². The molecule has 0 aromatic heterocycles. The van der Waals surface area contributed by atoms with Crippen LogP contribution in [0.1, 0.15) is 92.4 Å². The molecule has 2 saturated carbocycles. The average molecular weight is 355 g/mol. The molecule has 0 bridgehead atoms. The molecule has 24 heavy (non-hydrogen) atoms. The topological polar surface area (TPSA) is 18.5 Å². The second-order valence-electron chi connectivity index (χ2n) is 8.75. The molecule has 2 aliphatic rings. The molecular weight excluding hydrogens is 312 g/mol. The van der Waals surface area contributed by atoms with E-state index in [1.165, 1.54) is 44.9 Å². The molecule has 2 rings (SSSR count). The van der Waals surface area contributed by atoms with E-state index in [1.807, 2.05) is 0 Å². The van der Waals surface area contributed by atoms with E-state index < -0.39 is 8.56 Å². The summed E-state index contributed by atoms with van der Waals surface area (Å²) < 4.78 is 13.7. The first kappa shape index (κ1) is 20.4. The van der Waals surface area contributed by atoms with Gasteiger partial charge in [0.05, 0.1) is 0 Å². The Morgan fingerprint density at radius 3 is 1.92 bits per heavy atom. The Morgan fingerprint density at radius 2 is 1.38 bits per heavy atom. The van der Waals surface area contributed by atoms with Crippen LogP contribution in [0.25, 0.3) is 0 Å². The summed E-state index contributed by atoms with van der Waals surface area (Å²) in [5.41, 5.74) is 1.43. The Balaban J connectivity index is 2.28. The van der Waals surface area contributed by atoms with Gasteiger partial charge in [-0.3, -0.25) is 0 Å². The molecular formula is C21H42O2Si. The van der Waals surface area contributed by atoms with Crippen molar-refractivity contribution in [1.82, 2.24) is 0 Å². The first-order valence-electron chi connectivity index (χ1n) is 10.8. The van der Waals surface area contributed by atoms with Gasteiger partial charge in [0, 0.05) is 24.3 Å². The first-order valence-corrected chi connectivity index (χ1v) is 12.8. The highest BCUT2D eigenvalue weighted by molar-refractivity contribution is 6.70. The van der Waals surface area contributed by atoms with E-state index in [0.29, 0.717) is 5.54 Å². The van der Waals surface area contributed by atoms with Crippen LogP contribution in [0.4, 0.5) is 0 Å². The fourth-order valence-electron chi connectivity index (χ4n) is 5.13. The standard InChI is InChI=1S/C21H42O2Si/c1-6-15-22-24(23-16-7-2,20-13-11-17(3)12-14-20)21-10-8-9-18(4)19(21)5/h17-21H,6-16H2,1-5H3. The lowest BCUT2D eigenvalue weighted by atomic mass is 9.81. The van der Waals surface area contributed by atoms with Crippen LogP contribution in [0.15, 0.2) is 0 Å². The molecule has 0 heterocycles. The smallest absolute Gasteiger partial charge is 0.344 e. The van der Waals surface area contributed by atoms with Crippen molar-refractivity contribution in [2.45, 2.75) is 103 Å². The minimum atomic E-state index is -2.17. The van der Waals surface area contributed by atoms with Crippen molar-refractivity contribution in [3.63, 3.8) is 0 Å². The molecule has 0 aliphatic heterocycles. The summed E-state index contributed by atoms with van der Waals surface area (Å²) in [5, 5.41) is 0. The van der Waals surface area contributed by atoms with E-state index in [2.05, 4.69) is 34.6 Å². The number of rotatable bonds is 8. The second kappa shape index (κ2) is 9.73. The van der Waals surface area contributed by atoms with Gasteiger partial charge in [-0.2, -0.15) is 0 Å². The minimum Gasteiger partial charge on any atom is -0.394 e. The van der Waals surface area contributed by atoms with Crippen LogP contribution in [-0.2, 0) is 8.85 Å². The maximum absolute atomic E-state index is 6.83. The van der Waals surface area contributed by atoms with Gasteiger partial charge in [-0.25, -0.2) is 0 Å². The normalized spacial score (nSPS) is 35.1. The quantitative estimate of drug-likeness (QED) is 0.452. The van der Waals surface area contributed by atoms with Crippen molar-refractivity contribution in [3.05, 3.63) is 0 Å². The van der Waals surface area contributed by atoms with Crippen molar-refractivity contribution >= 4 is 8.56 Å². The van der Waals surface area contributed by atoms with E-state index in [4.69, 9.17) is 8.85 Å². The molecule has 0 spiro atoms. The van der Waals surface area contributed by atoms with Gasteiger partial charge in [0.2, 0.25) is 0 Å². The monoisotopic (exact) mass is 354 g/mol. The van der Waals surface area contributed by atoms with Crippen LogP contribution in [-0.4, -0.2) is 21.8 Å². The SMILES string of the molecule is CCCO[Si](OCCC)(C1CCC(C)CC1)C1CCCC(C)C1C. The summed E-state index contributed by atoms with van der Waals surface area (Å²) in [6.45, 7) is 13.7. The van der Waals surface area contributed by atoms with Gasteiger partial charge >= 0.3 is 8.56 Å². The third kappa shape index (κ3) is 4.65. The van der Waals surface area contributed by atoms with Crippen LogP contribution >= 0.6 is 0 Å². The molecule has 2 fully saturated rings. The van der Waals surface area contributed by atoms with Crippen molar-refractivity contribution in [3.8, 4) is 0 Å². The summed E-state index contributed by atoms with van der Waals surface area (Å²) in [4.78, 5) is 0. The third-order valence-electron chi connectivity index (χ3n) is 6.87. The lowest BCUT2D eigenvalue weighted by Gasteiger charge is -2.49. The lowest BCUT2D eigenvalue weighted by Crippen LogP contribution is -2.55. The highest BCUT2D eigenvalue weighted by Gasteiger charge is 2.55. The van der Waals surface area contributed by atoms with E-state index in [1.54, 1.807) is 0 Å². The first-order chi connectivity index (χ1) is 11.5. The Hall–Kier alpha value is 0.137. The molecule has 0 radical (unpaired) electrons. The summed E-state index contributed by atoms with van der Waals surface area (Å²) in [6.07, 6.45) is 11.8. The van der Waals surface area contributed by atoms with Crippen LogP contribution < -0.4 is 0 Å². The predicted molar refractivity (Wildman–Crippen MR) is 106 cm³/mol. The van der Waals surface area contributed by atoms with E-state index in [-0.39, 0.29) is 0 Å². The predicted octanol–water partition coefficient (Wildman–Crippen LogP) is 6.69. The molecule has 0 saturated heterocycles. The molecule has 0 N–H and O–H groups in total. The van der Waals surface area contributed by atoms with Crippen molar-refractivity contribution in [2.24, 2.45) is 17.8 Å². The number of hydrogen-bond donors (Lipinski definition) is 0. The maximum atomic E-state index is 6.83. The molecule has 142 valence electrons. The maximum Gasteiger partial charge on any atom is 0.344 e. The van der Waals surface area contributed by atoms with Crippen LogP contribution in [0.5, 0.6) is 0 Å². The van der Waals surface area contributed by atoms with E-state index in [0.717, 1.165) is 49.4 Å². The molecule has 3 heteroatoms.